The normalized spacial score (nSPS) is 14.4. The van der Waals surface area contributed by atoms with E-state index in [0.29, 0.717) is 28.6 Å². The van der Waals surface area contributed by atoms with Gasteiger partial charge in [-0.1, -0.05) is 43.3 Å². The molecule has 0 amide bonds. The highest BCUT2D eigenvalue weighted by atomic mass is 35.5. The molecular weight excluding hydrogens is 565 g/mol. The zero-order valence-corrected chi connectivity index (χ0v) is 24.6. The molecule has 10 nitrogen and oxygen atoms in total. The van der Waals surface area contributed by atoms with E-state index >= 15 is 0 Å². The van der Waals surface area contributed by atoms with Crippen molar-refractivity contribution in [1.29, 1.82) is 0 Å². The number of allylic oxidation sites excluding steroid dienone is 1. The molecule has 1 aliphatic rings. The Balaban J connectivity index is 1.49. The predicted octanol–water partition coefficient (Wildman–Crippen LogP) is 5.84. The van der Waals surface area contributed by atoms with E-state index in [9.17, 15) is 19.1 Å². The third-order valence-electron chi connectivity index (χ3n) is 6.85. The van der Waals surface area contributed by atoms with E-state index in [1.807, 2.05) is 24.3 Å². The second-order valence-electron chi connectivity index (χ2n) is 10.2. The van der Waals surface area contributed by atoms with Crippen LogP contribution in [0.3, 0.4) is 0 Å². The van der Waals surface area contributed by atoms with Gasteiger partial charge in [-0.15, -0.1) is 0 Å². The summed E-state index contributed by atoms with van der Waals surface area (Å²) in [5.74, 6) is 0.992. The third kappa shape index (κ3) is 9.38. The highest BCUT2D eigenvalue weighted by Gasteiger charge is 2.20. The van der Waals surface area contributed by atoms with Crippen LogP contribution in [0, 0.1) is 5.92 Å². The molecule has 0 radical (unpaired) electrons. The van der Waals surface area contributed by atoms with Crippen LogP contribution in [0.1, 0.15) is 31.7 Å². The van der Waals surface area contributed by atoms with Crippen LogP contribution in [0.25, 0.3) is 11.3 Å². The van der Waals surface area contributed by atoms with Crippen molar-refractivity contribution in [3.05, 3.63) is 71.9 Å². The van der Waals surface area contributed by atoms with Crippen LogP contribution in [0.2, 0.25) is 5.02 Å². The number of rotatable bonds is 13. The molecule has 41 heavy (non-hydrogen) atoms. The minimum Gasteiger partial charge on any atom is -0.402 e. The molecule has 2 heterocycles. The number of anilines is 3. The quantitative estimate of drug-likeness (QED) is 0.108. The zero-order valence-electron chi connectivity index (χ0n) is 22.9. The Morgan fingerprint density at radius 2 is 2.02 bits per heavy atom. The van der Waals surface area contributed by atoms with Crippen LogP contribution in [-0.4, -0.2) is 56.6 Å². The van der Waals surface area contributed by atoms with E-state index in [2.05, 4.69) is 39.0 Å². The number of benzene rings is 2. The summed E-state index contributed by atoms with van der Waals surface area (Å²) in [6.07, 6.45) is 6.27. The molecule has 1 saturated heterocycles. The molecule has 4 rings (SSSR count). The minimum atomic E-state index is -4.76. The van der Waals surface area contributed by atoms with Crippen LogP contribution >= 0.6 is 19.4 Å². The summed E-state index contributed by atoms with van der Waals surface area (Å²) in [5.41, 5.74) is 3.03. The summed E-state index contributed by atoms with van der Waals surface area (Å²) in [4.78, 5) is 41.9. The molecule has 1 aliphatic heterocycles. The molecule has 12 heteroatoms. The van der Waals surface area contributed by atoms with Crippen LogP contribution in [-0.2, 0) is 15.8 Å². The van der Waals surface area contributed by atoms with Gasteiger partial charge in [0.1, 0.15) is 0 Å². The van der Waals surface area contributed by atoms with Gasteiger partial charge in [-0.25, -0.2) is 14.5 Å². The average Bonchev–Trinajstić information content (AvgIpc) is 2.93. The van der Waals surface area contributed by atoms with E-state index in [-0.39, 0.29) is 23.9 Å². The van der Waals surface area contributed by atoms with Crippen molar-refractivity contribution in [2.75, 3.05) is 36.8 Å². The van der Waals surface area contributed by atoms with Gasteiger partial charge in [-0.2, -0.15) is 0 Å². The van der Waals surface area contributed by atoms with Crippen molar-refractivity contribution < 1.29 is 23.7 Å². The van der Waals surface area contributed by atoms with Gasteiger partial charge in [0, 0.05) is 24.2 Å². The van der Waals surface area contributed by atoms with Crippen LogP contribution < -0.4 is 15.2 Å². The SMILES string of the molecule is C=CC(=O)Cc1cccc(-c2nc(Nc3ccc(OP(=O)(O)O)c(NCCCN4CCC(C)CC4)c3)ncc2Cl)c1. The van der Waals surface area contributed by atoms with Crippen LogP contribution in [0.15, 0.2) is 61.3 Å². The van der Waals surface area contributed by atoms with Crippen molar-refractivity contribution in [2.45, 2.75) is 32.6 Å². The summed E-state index contributed by atoms with van der Waals surface area (Å²) in [7, 11) is -4.76. The Labute approximate surface area is 245 Å². The van der Waals surface area contributed by atoms with E-state index in [1.165, 1.54) is 31.2 Å². The van der Waals surface area contributed by atoms with Gasteiger partial charge in [0.25, 0.3) is 0 Å². The minimum absolute atomic E-state index is 0.0410. The number of aromatic nitrogens is 2. The summed E-state index contributed by atoms with van der Waals surface area (Å²) >= 11 is 6.42. The number of nitrogens with zero attached hydrogens (tertiary/aromatic N) is 3. The maximum Gasteiger partial charge on any atom is 0.524 e. The van der Waals surface area contributed by atoms with Crippen LogP contribution in [0.5, 0.6) is 5.75 Å². The lowest BCUT2D eigenvalue weighted by Gasteiger charge is -2.30. The van der Waals surface area contributed by atoms with Gasteiger partial charge >= 0.3 is 7.82 Å². The van der Waals surface area contributed by atoms with E-state index in [4.69, 9.17) is 16.1 Å². The Morgan fingerprint density at radius 1 is 1.24 bits per heavy atom. The fourth-order valence-corrected chi connectivity index (χ4v) is 5.24. The Bertz CT molecular complexity index is 1420. The van der Waals surface area contributed by atoms with Gasteiger partial charge in [0.05, 0.1) is 22.6 Å². The lowest BCUT2D eigenvalue weighted by Crippen LogP contribution is -2.34. The van der Waals surface area contributed by atoms with Gasteiger partial charge < -0.3 is 20.1 Å². The summed E-state index contributed by atoms with van der Waals surface area (Å²) in [6, 6.07) is 12.2. The monoisotopic (exact) mass is 599 g/mol. The first-order chi connectivity index (χ1) is 19.6. The van der Waals surface area contributed by atoms with Crippen molar-refractivity contribution in [3.8, 4) is 17.0 Å². The number of likely N-dealkylation sites (tertiary alicyclic amines) is 1. The number of nitrogens with one attached hydrogen (secondary N) is 2. The lowest BCUT2D eigenvalue weighted by molar-refractivity contribution is -0.114. The van der Waals surface area contributed by atoms with Crippen molar-refractivity contribution in [3.63, 3.8) is 0 Å². The number of piperidine rings is 1. The van der Waals surface area contributed by atoms with Gasteiger partial charge in [0.2, 0.25) is 5.95 Å². The lowest BCUT2D eigenvalue weighted by atomic mass is 9.99. The number of halogens is 1. The molecule has 1 aromatic heterocycles. The number of ketones is 1. The first kappa shape index (κ1) is 30.7. The van der Waals surface area contributed by atoms with E-state index in [1.54, 1.807) is 12.1 Å². The molecule has 1 fully saturated rings. The summed E-state index contributed by atoms with van der Waals surface area (Å²) in [6.45, 7) is 9.52. The second kappa shape index (κ2) is 14.1. The third-order valence-corrected chi connectivity index (χ3v) is 7.56. The van der Waals surface area contributed by atoms with Crippen molar-refractivity contribution >= 4 is 42.5 Å². The number of phosphoric acid groups is 1. The molecule has 0 atom stereocenters. The first-order valence-corrected chi connectivity index (χ1v) is 15.4. The molecular formula is C29H35ClN5O5P. The molecule has 0 bridgehead atoms. The molecule has 2 aromatic carbocycles. The molecule has 0 unspecified atom stereocenters. The standard InChI is InChI=1S/C29H35ClN5O5P/c1-3-24(36)17-21-6-4-7-22(16-21)28-25(30)19-32-29(34-28)33-23-8-9-27(40-41(37,38)39)26(18-23)31-12-5-13-35-14-10-20(2)11-15-35/h3-4,6-9,16,18-20,31H,1,5,10-15,17H2,2H3,(H,32,33,34)(H2,37,38,39). The maximum atomic E-state index is 11.8. The highest BCUT2D eigenvalue weighted by Crippen LogP contribution is 2.42. The second-order valence-corrected chi connectivity index (χ2v) is 11.7. The fraction of sp³-hybridized carbons (Fsp3) is 0.345. The number of carbonyl (C=O) groups is 1. The van der Waals surface area contributed by atoms with Gasteiger partial charge in [0.15, 0.2) is 11.5 Å². The largest absolute Gasteiger partial charge is 0.524 e. The Morgan fingerprint density at radius 3 is 2.76 bits per heavy atom. The fourth-order valence-electron chi connectivity index (χ4n) is 4.63. The summed E-state index contributed by atoms with van der Waals surface area (Å²) < 4.78 is 16.5. The Kier molecular flexibility index (Phi) is 10.5. The van der Waals surface area contributed by atoms with Crippen molar-refractivity contribution in [1.82, 2.24) is 14.9 Å². The zero-order chi connectivity index (χ0) is 29.4. The average molecular weight is 600 g/mol. The number of hydrogen-bond acceptors (Lipinski definition) is 8. The predicted molar refractivity (Wildman–Crippen MR) is 162 cm³/mol. The summed E-state index contributed by atoms with van der Waals surface area (Å²) in [5, 5.41) is 6.73. The van der Waals surface area contributed by atoms with Gasteiger partial charge in [-0.3, -0.25) is 14.6 Å². The van der Waals surface area contributed by atoms with Gasteiger partial charge in [-0.05, 0) is 80.7 Å². The van der Waals surface area contributed by atoms with Crippen LogP contribution in [0.4, 0.5) is 17.3 Å². The van der Waals surface area contributed by atoms with E-state index in [0.717, 1.165) is 43.1 Å². The first-order valence-electron chi connectivity index (χ1n) is 13.5. The molecule has 3 aromatic rings. The molecule has 218 valence electrons. The number of phosphoric ester groups is 1. The highest BCUT2D eigenvalue weighted by molar-refractivity contribution is 7.46. The topological polar surface area (TPSA) is 137 Å². The van der Waals surface area contributed by atoms with E-state index < -0.39 is 7.82 Å². The maximum absolute atomic E-state index is 11.8. The van der Waals surface area contributed by atoms with Crippen molar-refractivity contribution in [2.24, 2.45) is 5.92 Å². The molecule has 4 N–H and O–H groups in total. The number of hydrogen-bond donors (Lipinski definition) is 4. The number of carbonyl (C=O) groups excluding carboxylic acids is 1. The molecule has 0 spiro atoms. The smallest absolute Gasteiger partial charge is 0.402 e. The Hall–Kier alpha value is -3.27. The molecule has 0 saturated carbocycles. The molecule has 0 aliphatic carbocycles.